The van der Waals surface area contributed by atoms with Crippen LogP contribution in [-0.4, -0.2) is 6.61 Å². The lowest BCUT2D eigenvalue weighted by Gasteiger charge is -2.27. The third-order valence-corrected chi connectivity index (χ3v) is 15.1. The lowest BCUT2D eigenvalue weighted by Crippen LogP contribution is -2.10. The van der Waals surface area contributed by atoms with E-state index in [1.54, 1.807) is 0 Å². The van der Waals surface area contributed by atoms with E-state index in [2.05, 4.69) is 256 Å². The van der Waals surface area contributed by atoms with Gasteiger partial charge >= 0.3 is 0 Å². The van der Waals surface area contributed by atoms with Gasteiger partial charge in [-0.05, 0) is 181 Å². The van der Waals surface area contributed by atoms with Crippen LogP contribution in [0.3, 0.4) is 0 Å². The van der Waals surface area contributed by atoms with Crippen LogP contribution in [0.2, 0.25) is 0 Å². The van der Waals surface area contributed by atoms with Crippen LogP contribution in [0, 0.1) is 13.8 Å². The van der Waals surface area contributed by atoms with E-state index in [0.717, 1.165) is 53.4 Å². The first-order chi connectivity index (χ1) is 36.0. The second-order valence-corrected chi connectivity index (χ2v) is 19.8. The summed E-state index contributed by atoms with van der Waals surface area (Å²) in [5.41, 5.74) is 15.6. The van der Waals surface area contributed by atoms with Crippen molar-refractivity contribution in [2.24, 2.45) is 0 Å². The van der Waals surface area contributed by atoms with Gasteiger partial charge in [-0.25, -0.2) is 0 Å². The summed E-state index contributed by atoms with van der Waals surface area (Å²) >= 11 is 0. The molecule has 0 N–H and O–H groups in total. The third-order valence-electron chi connectivity index (χ3n) is 15.1. The molecule has 0 bridgehead atoms. The number of hydrogen-bond donors (Lipinski definition) is 0. The Labute approximate surface area is 427 Å². The maximum atomic E-state index is 6.08. The Bertz CT molecular complexity index is 4010. The number of hydrogen-bond acceptors (Lipinski definition) is 3. The van der Waals surface area contributed by atoms with Gasteiger partial charge in [0.15, 0.2) is 0 Å². The summed E-state index contributed by atoms with van der Waals surface area (Å²) in [6.07, 6.45) is 3.15. The van der Waals surface area contributed by atoms with Gasteiger partial charge in [0.1, 0.15) is 5.75 Å². The zero-order chi connectivity index (χ0) is 49.2. The highest BCUT2D eigenvalue weighted by molar-refractivity contribution is 6.47. The molecule has 0 aliphatic carbocycles. The van der Waals surface area contributed by atoms with Gasteiger partial charge in [0.05, 0.1) is 18.0 Å². The fourth-order valence-corrected chi connectivity index (χ4v) is 11.9. The van der Waals surface area contributed by atoms with Crippen molar-refractivity contribution in [1.29, 1.82) is 0 Å². The summed E-state index contributed by atoms with van der Waals surface area (Å²) in [7, 11) is 0. The smallest absolute Gasteiger partial charge is 0.119 e. The topological polar surface area (TPSA) is 15.7 Å². The number of ether oxygens (including phenoxy) is 1. The van der Waals surface area contributed by atoms with Gasteiger partial charge in [-0.1, -0.05) is 177 Å². The molecule has 0 fully saturated rings. The summed E-state index contributed by atoms with van der Waals surface area (Å²) in [6, 6.07) is 81.6. The molecule has 0 amide bonds. The quantitative estimate of drug-likeness (QED) is 0.115. The zero-order valence-electron chi connectivity index (χ0n) is 41.9. The highest BCUT2D eigenvalue weighted by Crippen LogP contribution is 2.57. The second-order valence-electron chi connectivity index (χ2n) is 19.8. The Balaban J connectivity index is 1.14. The molecule has 13 aromatic carbocycles. The van der Waals surface area contributed by atoms with Crippen LogP contribution in [0.4, 0.5) is 34.1 Å². The molecular formula is C70H56N2O. The summed E-state index contributed by atoms with van der Waals surface area (Å²) < 4.78 is 6.08. The molecule has 0 heterocycles. The Kier molecular flexibility index (Phi) is 11.0. The third kappa shape index (κ3) is 7.33. The Morgan fingerprint density at radius 2 is 0.712 bits per heavy atom. The summed E-state index contributed by atoms with van der Waals surface area (Å²) in [4.78, 5) is 4.87. The van der Waals surface area contributed by atoms with E-state index in [1.807, 2.05) is 0 Å². The molecule has 0 saturated carbocycles. The van der Waals surface area contributed by atoms with Gasteiger partial charge in [-0.2, -0.15) is 0 Å². The first kappa shape index (κ1) is 44.3. The van der Waals surface area contributed by atoms with Crippen molar-refractivity contribution in [3.63, 3.8) is 0 Å². The zero-order valence-corrected chi connectivity index (χ0v) is 41.9. The van der Waals surface area contributed by atoms with Crippen molar-refractivity contribution in [2.45, 2.75) is 47.0 Å². The molecule has 3 nitrogen and oxygen atoms in total. The normalized spacial score (nSPS) is 11.8. The minimum atomic E-state index is 0.693. The number of aryl methyl sites for hydroxylation is 3. The van der Waals surface area contributed by atoms with Crippen LogP contribution in [0.15, 0.2) is 218 Å². The Hall–Kier alpha value is -8.66. The molecule has 0 unspecified atom stereocenters. The van der Waals surface area contributed by atoms with Gasteiger partial charge in [0, 0.05) is 33.5 Å². The van der Waals surface area contributed by atoms with Crippen LogP contribution in [0.25, 0.3) is 86.9 Å². The molecular weight excluding hydrogens is 885 g/mol. The van der Waals surface area contributed by atoms with Crippen molar-refractivity contribution >= 4 is 98.8 Å². The molecule has 13 aromatic rings. The molecule has 0 spiro atoms. The Morgan fingerprint density at radius 1 is 0.329 bits per heavy atom. The van der Waals surface area contributed by atoms with Gasteiger partial charge < -0.3 is 14.5 Å². The number of rotatable bonds is 13. The fourth-order valence-electron chi connectivity index (χ4n) is 11.9. The number of benzene rings is 11. The van der Waals surface area contributed by atoms with Crippen molar-refractivity contribution in [2.75, 3.05) is 16.4 Å². The van der Waals surface area contributed by atoms with Crippen LogP contribution in [0.1, 0.15) is 43.4 Å². The van der Waals surface area contributed by atoms with E-state index in [9.17, 15) is 0 Å². The van der Waals surface area contributed by atoms with Crippen LogP contribution in [-0.2, 0) is 6.42 Å². The highest BCUT2D eigenvalue weighted by Gasteiger charge is 2.30. The predicted octanol–water partition coefficient (Wildman–Crippen LogP) is 20.1. The van der Waals surface area contributed by atoms with Crippen molar-refractivity contribution < 1.29 is 4.74 Å². The largest absolute Gasteiger partial charge is 0.494 e. The van der Waals surface area contributed by atoms with Crippen molar-refractivity contribution in [3.05, 3.63) is 235 Å². The van der Waals surface area contributed by atoms with E-state index in [-0.39, 0.29) is 0 Å². The lowest BCUT2D eigenvalue weighted by molar-refractivity contribution is 0.317. The SMILES string of the molecule is CCCOc1ccc(N(c2ccc(C)cc2)c2ccc3c4c(-c5ccccc5)c5c6cccc7c(N(c8ccc(C)cc8)c8ccc(CCC)cc8)ccc(c5c(-c5ccccc5)c4c4cccc2c43)c76)cc1. The van der Waals surface area contributed by atoms with Crippen LogP contribution < -0.4 is 14.5 Å². The van der Waals surface area contributed by atoms with Crippen LogP contribution >= 0.6 is 0 Å². The molecule has 0 atom stereocenters. The minimum absolute atomic E-state index is 0.693. The molecule has 13 rings (SSSR count). The number of nitrogens with zero attached hydrogens (tertiary/aromatic N) is 2. The second kappa shape index (κ2) is 18.2. The number of fused-ring (bicyclic) bond motifs is 6. The monoisotopic (exact) mass is 940 g/mol. The Morgan fingerprint density at radius 3 is 1.12 bits per heavy atom. The first-order valence-corrected chi connectivity index (χ1v) is 26.0. The highest BCUT2D eigenvalue weighted by atomic mass is 16.5. The average molecular weight is 941 g/mol. The maximum Gasteiger partial charge on any atom is 0.119 e. The van der Waals surface area contributed by atoms with E-state index >= 15 is 0 Å². The molecule has 0 aliphatic rings. The molecule has 0 radical (unpaired) electrons. The molecule has 0 saturated heterocycles. The van der Waals surface area contributed by atoms with Crippen LogP contribution in [0.5, 0.6) is 5.75 Å². The maximum absolute atomic E-state index is 6.08. The van der Waals surface area contributed by atoms with Crippen molar-refractivity contribution in [3.8, 4) is 28.0 Å². The lowest BCUT2D eigenvalue weighted by atomic mass is 9.87. The van der Waals surface area contributed by atoms with E-state index in [1.165, 1.54) is 109 Å². The number of anilines is 6. The molecule has 3 heteroatoms. The minimum Gasteiger partial charge on any atom is -0.494 e. The van der Waals surface area contributed by atoms with E-state index in [4.69, 9.17) is 4.74 Å². The van der Waals surface area contributed by atoms with Gasteiger partial charge in [0.25, 0.3) is 0 Å². The molecule has 0 aromatic heterocycles. The average Bonchev–Trinajstić information content (AvgIpc) is 3.96. The summed E-state index contributed by atoms with van der Waals surface area (Å²) in [6.45, 7) is 9.41. The first-order valence-electron chi connectivity index (χ1n) is 26.0. The molecule has 73 heavy (non-hydrogen) atoms. The summed E-state index contributed by atoms with van der Waals surface area (Å²) in [5.74, 6) is 0.884. The van der Waals surface area contributed by atoms with Gasteiger partial charge in [0.2, 0.25) is 0 Å². The standard InChI is InChI=1S/C70H56N2O/c1-5-15-47-28-34-52(35-29-47)71(50-30-24-45(3)25-31-50)61-42-40-59-65-55(61)20-13-22-57(65)67-63(48-16-9-7-10-17-48)70-60-41-43-62(72(51-32-26-46(4)27-33-51)53-36-38-54(39-37-53)73-44-6-2)56-21-14-23-58(66(56)60)68(70)64(69(59)67)49-18-11-8-12-19-49/h7-14,16-43H,5-6,15,44H2,1-4H3. The fraction of sp³-hybridized carbons (Fsp3) is 0.114. The predicted molar refractivity (Wildman–Crippen MR) is 313 cm³/mol. The molecule has 0 aliphatic heterocycles. The van der Waals surface area contributed by atoms with Gasteiger partial charge in [-0.15, -0.1) is 0 Å². The molecule has 352 valence electrons. The van der Waals surface area contributed by atoms with Crippen molar-refractivity contribution in [1.82, 2.24) is 0 Å². The van der Waals surface area contributed by atoms with Gasteiger partial charge in [-0.3, -0.25) is 0 Å². The summed E-state index contributed by atoms with van der Waals surface area (Å²) in [5, 5.41) is 15.2. The van der Waals surface area contributed by atoms with E-state index in [0.29, 0.717) is 6.61 Å². The van der Waals surface area contributed by atoms with E-state index < -0.39 is 0 Å².